The van der Waals surface area contributed by atoms with E-state index in [0.717, 1.165) is 13.1 Å². The van der Waals surface area contributed by atoms with Crippen molar-refractivity contribution in [2.75, 3.05) is 19.6 Å². The van der Waals surface area contributed by atoms with E-state index in [2.05, 4.69) is 27.3 Å². The van der Waals surface area contributed by atoms with Gasteiger partial charge in [0.1, 0.15) is 12.4 Å². The number of rotatable bonds is 6. The molecule has 6 nitrogen and oxygen atoms in total. The number of carbonyl (C=O) groups is 1. The summed E-state index contributed by atoms with van der Waals surface area (Å²) in [4.78, 5) is 32.4. The number of para-hydroxylation sites is 1. The molecule has 0 saturated carbocycles. The number of hydrogen-bond donors (Lipinski definition) is 1. The Bertz CT molecular complexity index is 1060. The number of aromatic nitrogens is 2. The molecule has 3 aromatic rings. The van der Waals surface area contributed by atoms with Gasteiger partial charge in [-0.1, -0.05) is 42.5 Å². The third kappa shape index (κ3) is 4.22. The third-order valence-corrected chi connectivity index (χ3v) is 5.61. The predicted molar refractivity (Wildman–Crippen MR) is 114 cm³/mol. The van der Waals surface area contributed by atoms with Crippen molar-refractivity contribution in [3.05, 3.63) is 76.3 Å². The molecule has 150 valence electrons. The Kier molecular flexibility index (Phi) is 5.71. The molecule has 1 unspecified atom stereocenters. The monoisotopic (exact) mass is 390 g/mol. The number of carbonyl (C=O) groups excluding carboxylic acids is 1. The van der Waals surface area contributed by atoms with Gasteiger partial charge in [0.05, 0.1) is 16.9 Å². The first-order valence-electron chi connectivity index (χ1n) is 10.2. The van der Waals surface area contributed by atoms with Gasteiger partial charge in [0.2, 0.25) is 5.91 Å². The topological polar surface area (TPSA) is 67.2 Å². The average Bonchev–Trinajstić information content (AvgIpc) is 3.27. The van der Waals surface area contributed by atoms with Crippen molar-refractivity contribution in [3.8, 4) is 0 Å². The first-order chi connectivity index (χ1) is 14.1. The highest BCUT2D eigenvalue weighted by Gasteiger charge is 2.24. The molecule has 1 N–H and O–H groups in total. The zero-order valence-corrected chi connectivity index (χ0v) is 16.7. The van der Waals surface area contributed by atoms with Crippen LogP contribution in [0.4, 0.5) is 0 Å². The van der Waals surface area contributed by atoms with Gasteiger partial charge in [0, 0.05) is 6.54 Å². The van der Waals surface area contributed by atoms with E-state index in [1.54, 1.807) is 13.0 Å². The number of nitrogens with one attached hydrogen (secondary N) is 1. The molecule has 1 atom stereocenters. The quantitative estimate of drug-likeness (QED) is 0.703. The van der Waals surface area contributed by atoms with E-state index >= 15 is 0 Å². The average molecular weight is 390 g/mol. The van der Waals surface area contributed by atoms with Crippen LogP contribution in [0.1, 0.15) is 30.3 Å². The summed E-state index contributed by atoms with van der Waals surface area (Å²) in [5.41, 5.74) is 1.68. The van der Waals surface area contributed by atoms with Crippen LogP contribution >= 0.6 is 0 Å². The van der Waals surface area contributed by atoms with E-state index in [4.69, 9.17) is 0 Å². The zero-order valence-electron chi connectivity index (χ0n) is 16.7. The molecular formula is C23H26N4O2. The largest absolute Gasteiger partial charge is 0.353 e. The van der Waals surface area contributed by atoms with Crippen LogP contribution in [-0.4, -0.2) is 40.0 Å². The van der Waals surface area contributed by atoms with Gasteiger partial charge in [-0.15, -0.1) is 0 Å². The summed E-state index contributed by atoms with van der Waals surface area (Å²) in [5, 5.41) is 3.57. The molecule has 1 aliphatic rings. The highest BCUT2D eigenvalue weighted by molar-refractivity contribution is 5.79. The van der Waals surface area contributed by atoms with Crippen molar-refractivity contribution in [2.45, 2.75) is 32.4 Å². The van der Waals surface area contributed by atoms with Crippen LogP contribution < -0.4 is 10.9 Å². The molecule has 1 amide bonds. The van der Waals surface area contributed by atoms with Gasteiger partial charge in [0.15, 0.2) is 0 Å². The Hall–Kier alpha value is -2.99. The molecule has 0 bridgehead atoms. The van der Waals surface area contributed by atoms with Crippen LogP contribution in [0, 0.1) is 6.92 Å². The van der Waals surface area contributed by atoms with E-state index in [9.17, 15) is 9.59 Å². The molecule has 29 heavy (non-hydrogen) atoms. The van der Waals surface area contributed by atoms with Crippen LogP contribution in [-0.2, 0) is 11.3 Å². The maximum absolute atomic E-state index is 12.8. The van der Waals surface area contributed by atoms with Gasteiger partial charge in [-0.25, -0.2) is 4.98 Å². The minimum atomic E-state index is -0.178. The molecule has 1 aliphatic heterocycles. The molecular weight excluding hydrogens is 364 g/mol. The number of amides is 1. The van der Waals surface area contributed by atoms with Crippen molar-refractivity contribution in [3.63, 3.8) is 0 Å². The fraction of sp³-hybridized carbons (Fsp3) is 0.348. The van der Waals surface area contributed by atoms with Gasteiger partial charge in [-0.2, -0.15) is 0 Å². The zero-order chi connectivity index (χ0) is 20.2. The van der Waals surface area contributed by atoms with Crippen molar-refractivity contribution >= 4 is 16.8 Å². The Balaban J connectivity index is 1.49. The standard InChI is InChI=1S/C23H26N4O2/c1-17-25-20-12-6-5-11-19(20)23(29)27(17)16-22(28)24-15-21(26-13-7-8-14-26)18-9-3-2-4-10-18/h2-6,9-12,21H,7-8,13-16H2,1H3,(H,24,28). The second kappa shape index (κ2) is 8.57. The third-order valence-electron chi connectivity index (χ3n) is 5.61. The molecule has 1 aromatic heterocycles. The normalized spacial score (nSPS) is 15.5. The first-order valence-corrected chi connectivity index (χ1v) is 10.2. The lowest BCUT2D eigenvalue weighted by Crippen LogP contribution is -2.39. The van der Waals surface area contributed by atoms with Crippen LogP contribution in [0.3, 0.4) is 0 Å². The molecule has 2 heterocycles. The Morgan fingerprint density at radius 1 is 1.07 bits per heavy atom. The van der Waals surface area contributed by atoms with Crippen molar-refractivity contribution in [2.24, 2.45) is 0 Å². The lowest BCUT2D eigenvalue weighted by Gasteiger charge is -2.28. The van der Waals surface area contributed by atoms with Gasteiger partial charge < -0.3 is 5.32 Å². The molecule has 1 saturated heterocycles. The number of likely N-dealkylation sites (tertiary alicyclic amines) is 1. The Morgan fingerprint density at radius 3 is 2.52 bits per heavy atom. The molecule has 0 radical (unpaired) electrons. The highest BCUT2D eigenvalue weighted by atomic mass is 16.2. The van der Waals surface area contributed by atoms with Crippen LogP contribution in [0.15, 0.2) is 59.4 Å². The second-order valence-electron chi connectivity index (χ2n) is 7.54. The summed E-state index contributed by atoms with van der Waals surface area (Å²) in [7, 11) is 0. The number of benzene rings is 2. The predicted octanol–water partition coefficient (Wildman–Crippen LogP) is 2.66. The fourth-order valence-corrected chi connectivity index (χ4v) is 4.06. The van der Waals surface area contributed by atoms with Crippen LogP contribution in [0.5, 0.6) is 0 Å². The number of hydrogen-bond acceptors (Lipinski definition) is 4. The van der Waals surface area contributed by atoms with E-state index < -0.39 is 0 Å². The number of nitrogens with zero attached hydrogens (tertiary/aromatic N) is 3. The second-order valence-corrected chi connectivity index (χ2v) is 7.54. The van der Waals surface area contributed by atoms with Crippen LogP contribution in [0.2, 0.25) is 0 Å². The maximum Gasteiger partial charge on any atom is 0.261 e. The summed E-state index contributed by atoms with van der Waals surface area (Å²) < 4.78 is 1.45. The summed E-state index contributed by atoms with van der Waals surface area (Å²) in [6.45, 7) is 4.35. The summed E-state index contributed by atoms with van der Waals surface area (Å²) in [6.07, 6.45) is 2.38. The van der Waals surface area contributed by atoms with Gasteiger partial charge in [0.25, 0.3) is 5.56 Å². The number of aryl methyl sites for hydroxylation is 1. The SMILES string of the molecule is Cc1nc2ccccc2c(=O)n1CC(=O)NCC(c1ccccc1)N1CCCC1. The van der Waals surface area contributed by atoms with E-state index in [0.29, 0.717) is 23.3 Å². The lowest BCUT2D eigenvalue weighted by molar-refractivity contribution is -0.122. The Labute approximate surface area is 170 Å². The summed E-state index contributed by atoms with van der Waals surface area (Å²) in [5.74, 6) is 0.371. The highest BCUT2D eigenvalue weighted by Crippen LogP contribution is 2.24. The number of fused-ring (bicyclic) bond motifs is 1. The smallest absolute Gasteiger partial charge is 0.261 e. The molecule has 6 heteroatoms. The van der Waals surface area contributed by atoms with Crippen molar-refractivity contribution in [1.29, 1.82) is 0 Å². The molecule has 0 spiro atoms. The summed E-state index contributed by atoms with van der Waals surface area (Å²) in [6, 6.07) is 17.7. The van der Waals surface area contributed by atoms with Gasteiger partial charge in [-0.3, -0.25) is 19.1 Å². The fourth-order valence-electron chi connectivity index (χ4n) is 4.06. The van der Waals surface area contributed by atoms with Gasteiger partial charge >= 0.3 is 0 Å². The molecule has 2 aromatic carbocycles. The lowest BCUT2D eigenvalue weighted by atomic mass is 10.1. The maximum atomic E-state index is 12.8. The van der Waals surface area contributed by atoms with Crippen molar-refractivity contribution < 1.29 is 4.79 Å². The first kappa shape index (κ1) is 19.3. The van der Waals surface area contributed by atoms with E-state index in [1.807, 2.05) is 36.4 Å². The molecule has 1 fully saturated rings. The van der Waals surface area contributed by atoms with Crippen molar-refractivity contribution in [1.82, 2.24) is 19.8 Å². The van der Waals surface area contributed by atoms with E-state index in [1.165, 1.54) is 23.0 Å². The van der Waals surface area contributed by atoms with E-state index in [-0.39, 0.29) is 24.1 Å². The summed E-state index contributed by atoms with van der Waals surface area (Å²) >= 11 is 0. The molecule has 0 aliphatic carbocycles. The Morgan fingerprint density at radius 2 is 1.76 bits per heavy atom. The minimum absolute atomic E-state index is 0.0238. The van der Waals surface area contributed by atoms with Gasteiger partial charge in [-0.05, 0) is 50.6 Å². The molecule has 4 rings (SSSR count). The van der Waals surface area contributed by atoms with Crippen LogP contribution in [0.25, 0.3) is 10.9 Å². The minimum Gasteiger partial charge on any atom is -0.353 e.